The normalized spacial score (nSPS) is 15.0. The van der Waals surface area contributed by atoms with Gasteiger partial charge in [0.15, 0.2) is 0 Å². The molecule has 1 aromatic carbocycles. The number of rotatable bonds is 3. The van der Waals surface area contributed by atoms with Gasteiger partial charge in [0, 0.05) is 30.2 Å². The summed E-state index contributed by atoms with van der Waals surface area (Å²) >= 11 is 0. The lowest BCUT2D eigenvalue weighted by molar-refractivity contribution is 0.102. The van der Waals surface area contributed by atoms with Crippen molar-refractivity contribution in [1.29, 1.82) is 0 Å². The van der Waals surface area contributed by atoms with Crippen molar-refractivity contribution >= 4 is 17.3 Å². The molecule has 110 valence electrons. The maximum Gasteiger partial charge on any atom is 0.259 e. The van der Waals surface area contributed by atoms with Gasteiger partial charge in [-0.1, -0.05) is 0 Å². The van der Waals surface area contributed by atoms with E-state index in [1.807, 2.05) is 31.2 Å². The molecule has 1 aromatic heterocycles. The lowest BCUT2D eigenvalue weighted by atomic mass is 10.2. The predicted octanol–water partition coefficient (Wildman–Crippen LogP) is 1.81. The van der Waals surface area contributed by atoms with Gasteiger partial charge < -0.3 is 15.0 Å². The SMILES string of the molecule is Cc1[nH]ncc1C(=O)Nc1ccc(N2CCOCC2)cc1. The van der Waals surface area contributed by atoms with Crippen molar-refractivity contribution in [2.24, 2.45) is 0 Å². The Bertz CT molecular complexity index is 615. The number of aromatic amines is 1. The Labute approximate surface area is 123 Å². The summed E-state index contributed by atoms with van der Waals surface area (Å²) in [7, 11) is 0. The highest BCUT2D eigenvalue weighted by Gasteiger charge is 2.13. The lowest BCUT2D eigenvalue weighted by Crippen LogP contribution is -2.36. The van der Waals surface area contributed by atoms with Gasteiger partial charge >= 0.3 is 0 Å². The van der Waals surface area contributed by atoms with Crippen LogP contribution in [-0.2, 0) is 4.74 Å². The van der Waals surface area contributed by atoms with Gasteiger partial charge in [0.25, 0.3) is 5.91 Å². The third-order valence-electron chi connectivity index (χ3n) is 3.58. The van der Waals surface area contributed by atoms with Gasteiger partial charge in [-0.25, -0.2) is 0 Å². The van der Waals surface area contributed by atoms with Crippen LogP contribution < -0.4 is 10.2 Å². The van der Waals surface area contributed by atoms with Crippen LogP contribution in [0.1, 0.15) is 16.1 Å². The molecule has 2 heterocycles. The Morgan fingerprint density at radius 1 is 1.29 bits per heavy atom. The Morgan fingerprint density at radius 3 is 2.62 bits per heavy atom. The van der Waals surface area contributed by atoms with E-state index < -0.39 is 0 Å². The Kier molecular flexibility index (Phi) is 3.87. The summed E-state index contributed by atoms with van der Waals surface area (Å²) < 4.78 is 5.34. The van der Waals surface area contributed by atoms with E-state index >= 15 is 0 Å². The summed E-state index contributed by atoms with van der Waals surface area (Å²) in [5, 5.41) is 9.49. The van der Waals surface area contributed by atoms with Crippen LogP contribution in [0.5, 0.6) is 0 Å². The molecule has 0 bridgehead atoms. The van der Waals surface area contributed by atoms with Gasteiger partial charge in [-0.05, 0) is 31.2 Å². The monoisotopic (exact) mass is 286 g/mol. The first-order valence-electron chi connectivity index (χ1n) is 6.98. The summed E-state index contributed by atoms with van der Waals surface area (Å²) in [5.41, 5.74) is 3.25. The number of nitrogens with zero attached hydrogens (tertiary/aromatic N) is 2. The van der Waals surface area contributed by atoms with Crippen LogP contribution in [0, 0.1) is 6.92 Å². The molecule has 6 nitrogen and oxygen atoms in total. The minimum absolute atomic E-state index is 0.152. The van der Waals surface area contributed by atoms with Crippen LogP contribution in [0.2, 0.25) is 0 Å². The van der Waals surface area contributed by atoms with Crippen LogP contribution >= 0.6 is 0 Å². The highest BCUT2D eigenvalue weighted by molar-refractivity contribution is 6.04. The molecule has 0 aliphatic carbocycles. The van der Waals surface area contributed by atoms with E-state index in [1.54, 1.807) is 0 Å². The zero-order chi connectivity index (χ0) is 14.7. The molecule has 21 heavy (non-hydrogen) atoms. The second kappa shape index (κ2) is 5.97. The third kappa shape index (κ3) is 3.05. The maximum atomic E-state index is 12.1. The number of H-pyrrole nitrogens is 1. The number of carbonyl (C=O) groups is 1. The molecule has 3 rings (SSSR count). The molecule has 1 fully saturated rings. The summed E-state index contributed by atoms with van der Waals surface area (Å²) in [5.74, 6) is -0.152. The number of hydrogen-bond donors (Lipinski definition) is 2. The third-order valence-corrected chi connectivity index (χ3v) is 3.58. The summed E-state index contributed by atoms with van der Waals surface area (Å²) in [6, 6.07) is 7.86. The molecule has 6 heteroatoms. The van der Waals surface area contributed by atoms with Gasteiger partial charge in [0.05, 0.1) is 25.0 Å². The highest BCUT2D eigenvalue weighted by atomic mass is 16.5. The van der Waals surface area contributed by atoms with Crippen LogP contribution in [0.4, 0.5) is 11.4 Å². The van der Waals surface area contributed by atoms with Crippen LogP contribution in [0.25, 0.3) is 0 Å². The number of carbonyl (C=O) groups excluding carboxylic acids is 1. The van der Waals surface area contributed by atoms with E-state index in [0.29, 0.717) is 5.56 Å². The molecule has 1 saturated heterocycles. The Morgan fingerprint density at radius 2 is 2.00 bits per heavy atom. The Hall–Kier alpha value is -2.34. The van der Waals surface area contributed by atoms with Gasteiger partial charge in [-0.15, -0.1) is 0 Å². The molecule has 0 atom stereocenters. The smallest absolute Gasteiger partial charge is 0.259 e. The molecule has 2 aromatic rings. The molecule has 1 aliphatic rings. The summed E-state index contributed by atoms with van der Waals surface area (Å²) in [6.07, 6.45) is 1.53. The fourth-order valence-electron chi connectivity index (χ4n) is 2.36. The average Bonchev–Trinajstić information content (AvgIpc) is 2.95. The molecule has 0 spiro atoms. The number of hydrogen-bond acceptors (Lipinski definition) is 4. The van der Waals surface area contributed by atoms with Crippen molar-refractivity contribution in [2.75, 3.05) is 36.5 Å². The second-order valence-corrected chi connectivity index (χ2v) is 5.01. The number of benzene rings is 1. The molecule has 0 unspecified atom stereocenters. The number of morpholine rings is 1. The van der Waals surface area contributed by atoms with E-state index in [-0.39, 0.29) is 5.91 Å². The number of amides is 1. The molecule has 0 saturated carbocycles. The number of nitrogens with one attached hydrogen (secondary N) is 2. The van der Waals surface area contributed by atoms with E-state index in [2.05, 4.69) is 20.4 Å². The fraction of sp³-hybridized carbons (Fsp3) is 0.333. The van der Waals surface area contributed by atoms with Gasteiger partial charge in [0.2, 0.25) is 0 Å². The minimum Gasteiger partial charge on any atom is -0.378 e. The first-order chi connectivity index (χ1) is 10.2. The van der Waals surface area contributed by atoms with Crippen molar-refractivity contribution in [3.8, 4) is 0 Å². The number of ether oxygens (including phenoxy) is 1. The maximum absolute atomic E-state index is 12.1. The predicted molar refractivity (Wildman–Crippen MR) is 80.8 cm³/mol. The fourth-order valence-corrected chi connectivity index (χ4v) is 2.36. The van der Waals surface area contributed by atoms with Gasteiger partial charge in [0.1, 0.15) is 0 Å². The molecule has 0 radical (unpaired) electrons. The van der Waals surface area contributed by atoms with Gasteiger partial charge in [-0.3, -0.25) is 9.89 Å². The first kappa shape index (κ1) is 13.6. The molecule has 2 N–H and O–H groups in total. The zero-order valence-corrected chi connectivity index (χ0v) is 11.9. The van der Waals surface area contributed by atoms with E-state index in [0.717, 1.165) is 43.4 Å². The molecular formula is C15H18N4O2. The second-order valence-electron chi connectivity index (χ2n) is 5.01. The number of aryl methyl sites for hydroxylation is 1. The van der Waals surface area contributed by atoms with Crippen molar-refractivity contribution in [1.82, 2.24) is 10.2 Å². The minimum atomic E-state index is -0.152. The quantitative estimate of drug-likeness (QED) is 0.902. The van der Waals surface area contributed by atoms with Crippen molar-refractivity contribution < 1.29 is 9.53 Å². The van der Waals surface area contributed by atoms with Crippen molar-refractivity contribution in [3.63, 3.8) is 0 Å². The zero-order valence-electron chi connectivity index (χ0n) is 11.9. The Balaban J connectivity index is 1.67. The summed E-state index contributed by atoms with van der Waals surface area (Å²) in [4.78, 5) is 14.4. The summed E-state index contributed by atoms with van der Waals surface area (Å²) in [6.45, 7) is 5.15. The number of aromatic nitrogens is 2. The average molecular weight is 286 g/mol. The van der Waals surface area contributed by atoms with Crippen LogP contribution in [-0.4, -0.2) is 42.4 Å². The standard InChI is InChI=1S/C15H18N4O2/c1-11-14(10-16-18-11)15(20)17-12-2-4-13(5-3-12)19-6-8-21-9-7-19/h2-5,10H,6-9H2,1H3,(H,16,18)(H,17,20). The van der Waals surface area contributed by atoms with Crippen LogP contribution in [0.15, 0.2) is 30.5 Å². The topological polar surface area (TPSA) is 70.2 Å². The molecular weight excluding hydrogens is 268 g/mol. The largest absolute Gasteiger partial charge is 0.378 e. The van der Waals surface area contributed by atoms with E-state index in [4.69, 9.17) is 4.74 Å². The van der Waals surface area contributed by atoms with Crippen molar-refractivity contribution in [2.45, 2.75) is 6.92 Å². The lowest BCUT2D eigenvalue weighted by Gasteiger charge is -2.28. The number of anilines is 2. The molecule has 1 amide bonds. The first-order valence-corrected chi connectivity index (χ1v) is 6.98. The van der Waals surface area contributed by atoms with Gasteiger partial charge in [-0.2, -0.15) is 5.10 Å². The van der Waals surface area contributed by atoms with Crippen molar-refractivity contribution in [3.05, 3.63) is 41.7 Å². The highest BCUT2D eigenvalue weighted by Crippen LogP contribution is 2.19. The molecule has 1 aliphatic heterocycles. The van der Waals surface area contributed by atoms with E-state index in [1.165, 1.54) is 6.20 Å². The van der Waals surface area contributed by atoms with Crippen LogP contribution in [0.3, 0.4) is 0 Å². The van der Waals surface area contributed by atoms with E-state index in [9.17, 15) is 4.79 Å².